The Bertz CT molecular complexity index is 1280. The van der Waals surface area contributed by atoms with E-state index < -0.39 is 0 Å². The molecule has 0 bridgehead atoms. The van der Waals surface area contributed by atoms with Gasteiger partial charge in [-0.25, -0.2) is 4.98 Å². The summed E-state index contributed by atoms with van der Waals surface area (Å²) in [7, 11) is 1.64. The molecule has 0 aliphatic rings. The lowest BCUT2D eigenvalue weighted by Gasteiger charge is -2.13. The molecule has 6 nitrogen and oxygen atoms in total. The smallest absolute Gasteiger partial charge is 0.282 e. The maximum absolute atomic E-state index is 13.3. The Morgan fingerprint density at radius 3 is 2.58 bits per heavy atom. The van der Waals surface area contributed by atoms with E-state index in [-0.39, 0.29) is 5.56 Å². The van der Waals surface area contributed by atoms with Crippen molar-refractivity contribution >= 4 is 22.8 Å². The highest BCUT2D eigenvalue weighted by Gasteiger charge is 2.16. The van der Waals surface area contributed by atoms with Crippen molar-refractivity contribution in [3.63, 3.8) is 0 Å². The fraction of sp³-hybridized carbons (Fsp3) is 0.292. The van der Waals surface area contributed by atoms with Crippen LogP contribution in [0.5, 0.6) is 5.75 Å². The highest BCUT2D eigenvalue weighted by Crippen LogP contribution is 2.25. The van der Waals surface area contributed by atoms with Crippen LogP contribution in [0.25, 0.3) is 11.0 Å². The number of thioether (sulfide) groups is 1. The van der Waals surface area contributed by atoms with Crippen LogP contribution in [-0.4, -0.2) is 26.4 Å². The molecule has 31 heavy (non-hydrogen) atoms. The van der Waals surface area contributed by atoms with Gasteiger partial charge in [-0.3, -0.25) is 14.0 Å². The van der Waals surface area contributed by atoms with Crippen LogP contribution >= 0.6 is 11.8 Å². The number of hydrogen-bond donors (Lipinski definition) is 0. The van der Waals surface area contributed by atoms with E-state index in [0.29, 0.717) is 29.3 Å². The van der Waals surface area contributed by atoms with E-state index in [4.69, 9.17) is 9.72 Å². The Labute approximate surface area is 185 Å². The summed E-state index contributed by atoms with van der Waals surface area (Å²) >= 11 is 1.59. The molecule has 160 valence electrons. The number of aromatic nitrogens is 4. The van der Waals surface area contributed by atoms with Gasteiger partial charge in [0.15, 0.2) is 10.7 Å². The van der Waals surface area contributed by atoms with Gasteiger partial charge in [-0.05, 0) is 49.6 Å². The molecule has 0 spiro atoms. The van der Waals surface area contributed by atoms with E-state index in [0.717, 1.165) is 17.1 Å². The summed E-state index contributed by atoms with van der Waals surface area (Å²) in [6.45, 7) is 7.33. The maximum atomic E-state index is 13.3. The van der Waals surface area contributed by atoms with Gasteiger partial charge >= 0.3 is 0 Å². The van der Waals surface area contributed by atoms with Crippen LogP contribution in [0.4, 0.5) is 0 Å². The second kappa shape index (κ2) is 8.98. The first-order valence-electron chi connectivity index (χ1n) is 10.3. The first-order chi connectivity index (χ1) is 15.0. The van der Waals surface area contributed by atoms with E-state index in [2.05, 4.69) is 37.1 Å². The molecule has 0 saturated heterocycles. The van der Waals surface area contributed by atoms with Crippen LogP contribution in [0.1, 0.15) is 29.2 Å². The van der Waals surface area contributed by atoms with Gasteiger partial charge in [-0.2, -0.15) is 5.10 Å². The van der Waals surface area contributed by atoms with Gasteiger partial charge in [0.25, 0.3) is 5.56 Å². The molecule has 4 rings (SSSR count). The van der Waals surface area contributed by atoms with Crippen LogP contribution in [0.15, 0.2) is 58.6 Å². The van der Waals surface area contributed by atoms with Gasteiger partial charge in [-0.1, -0.05) is 47.7 Å². The monoisotopic (exact) mass is 434 g/mol. The Morgan fingerprint density at radius 2 is 1.87 bits per heavy atom. The average Bonchev–Trinajstić information content (AvgIpc) is 3.20. The van der Waals surface area contributed by atoms with Crippen LogP contribution < -0.4 is 10.3 Å². The number of fused-ring (bicyclic) bond motifs is 1. The third-order valence-electron chi connectivity index (χ3n) is 5.32. The predicted molar refractivity (Wildman–Crippen MR) is 125 cm³/mol. The van der Waals surface area contributed by atoms with Crippen molar-refractivity contribution in [1.29, 1.82) is 0 Å². The second-order valence-electron chi connectivity index (χ2n) is 7.57. The van der Waals surface area contributed by atoms with Crippen molar-refractivity contribution in [1.82, 2.24) is 19.3 Å². The second-order valence-corrected chi connectivity index (χ2v) is 8.51. The highest BCUT2D eigenvalue weighted by atomic mass is 32.2. The van der Waals surface area contributed by atoms with Gasteiger partial charge in [0.05, 0.1) is 19.9 Å². The molecule has 0 radical (unpaired) electrons. The number of nitrogens with zero attached hydrogens (tertiary/aromatic N) is 4. The molecule has 0 aliphatic carbocycles. The summed E-state index contributed by atoms with van der Waals surface area (Å²) in [5, 5.41) is 5.14. The number of benzene rings is 2. The summed E-state index contributed by atoms with van der Waals surface area (Å²) in [6, 6.07) is 14.2. The third-order valence-corrected chi connectivity index (χ3v) is 6.35. The fourth-order valence-electron chi connectivity index (χ4n) is 3.45. The molecule has 4 aromatic rings. The molecule has 2 aromatic heterocycles. The zero-order valence-electron chi connectivity index (χ0n) is 18.3. The molecule has 7 heteroatoms. The largest absolute Gasteiger partial charge is 0.497 e. The van der Waals surface area contributed by atoms with Crippen molar-refractivity contribution in [2.24, 2.45) is 0 Å². The lowest BCUT2D eigenvalue weighted by atomic mass is 10.1. The van der Waals surface area contributed by atoms with Crippen LogP contribution in [-0.2, 0) is 18.8 Å². The minimum absolute atomic E-state index is 0.114. The Hall–Kier alpha value is -3.06. The number of rotatable bonds is 7. The van der Waals surface area contributed by atoms with E-state index in [1.807, 2.05) is 37.4 Å². The maximum Gasteiger partial charge on any atom is 0.282 e. The summed E-state index contributed by atoms with van der Waals surface area (Å²) in [5.41, 5.74) is 5.66. The Morgan fingerprint density at radius 1 is 1.10 bits per heavy atom. The number of ether oxygens (including phenoxy) is 1. The van der Waals surface area contributed by atoms with E-state index in [1.54, 1.807) is 28.1 Å². The number of aryl methyl sites for hydroxylation is 3. The first kappa shape index (κ1) is 21.2. The molecule has 0 amide bonds. The van der Waals surface area contributed by atoms with Crippen molar-refractivity contribution in [3.8, 4) is 5.75 Å². The lowest BCUT2D eigenvalue weighted by Crippen LogP contribution is -2.24. The zero-order valence-corrected chi connectivity index (χ0v) is 19.1. The highest BCUT2D eigenvalue weighted by molar-refractivity contribution is 7.98. The van der Waals surface area contributed by atoms with Crippen LogP contribution in [0.3, 0.4) is 0 Å². The topological polar surface area (TPSA) is 61.9 Å². The number of methoxy groups -OCH3 is 1. The Balaban J connectivity index is 1.74. The van der Waals surface area contributed by atoms with Crippen molar-refractivity contribution in [3.05, 3.63) is 81.3 Å². The van der Waals surface area contributed by atoms with Crippen molar-refractivity contribution in [2.45, 2.75) is 44.8 Å². The summed E-state index contributed by atoms with van der Waals surface area (Å²) in [5.74, 6) is 1.53. The first-order valence-corrected chi connectivity index (χ1v) is 11.3. The molecule has 0 saturated carbocycles. The minimum atomic E-state index is -0.114. The third kappa shape index (κ3) is 4.51. The van der Waals surface area contributed by atoms with Crippen molar-refractivity contribution < 1.29 is 4.74 Å². The van der Waals surface area contributed by atoms with Crippen LogP contribution in [0.2, 0.25) is 0 Å². The van der Waals surface area contributed by atoms with Gasteiger partial charge in [-0.15, -0.1) is 0 Å². The quantitative estimate of drug-likeness (QED) is 0.315. The standard InChI is InChI=1S/C24H26N4O2S/c1-5-27-14-21-22(26-27)23(29)28(13-18-8-10-20(30-4)11-9-18)24(25-21)31-15-19-12-16(2)6-7-17(19)3/h6-12,14H,5,13,15H2,1-4H3. The summed E-state index contributed by atoms with van der Waals surface area (Å²) in [4.78, 5) is 18.2. The predicted octanol–water partition coefficient (Wildman–Crippen LogP) is 4.58. The summed E-state index contributed by atoms with van der Waals surface area (Å²) < 4.78 is 8.74. The molecular weight excluding hydrogens is 408 g/mol. The molecule has 2 heterocycles. The van der Waals surface area contributed by atoms with Gasteiger partial charge in [0.2, 0.25) is 0 Å². The molecule has 0 N–H and O–H groups in total. The Kier molecular flexibility index (Phi) is 6.13. The van der Waals surface area contributed by atoms with Gasteiger partial charge < -0.3 is 4.74 Å². The molecule has 0 atom stereocenters. The molecule has 0 aliphatic heterocycles. The summed E-state index contributed by atoms with van der Waals surface area (Å²) in [6.07, 6.45) is 1.84. The van der Waals surface area contributed by atoms with E-state index in [1.165, 1.54) is 16.7 Å². The van der Waals surface area contributed by atoms with E-state index in [9.17, 15) is 4.79 Å². The van der Waals surface area contributed by atoms with Gasteiger partial charge in [0, 0.05) is 12.3 Å². The van der Waals surface area contributed by atoms with Crippen molar-refractivity contribution in [2.75, 3.05) is 7.11 Å². The lowest BCUT2D eigenvalue weighted by molar-refractivity contribution is 0.414. The zero-order chi connectivity index (χ0) is 22.0. The normalized spacial score (nSPS) is 11.2. The average molecular weight is 435 g/mol. The molecule has 0 unspecified atom stereocenters. The van der Waals surface area contributed by atoms with Gasteiger partial charge in [0.1, 0.15) is 11.3 Å². The van der Waals surface area contributed by atoms with Crippen LogP contribution in [0, 0.1) is 13.8 Å². The molecular formula is C24H26N4O2S. The molecule has 0 fully saturated rings. The fourth-order valence-corrected chi connectivity index (χ4v) is 4.51. The minimum Gasteiger partial charge on any atom is -0.497 e. The number of hydrogen-bond acceptors (Lipinski definition) is 5. The SMILES string of the molecule is CCn1cc2nc(SCc3cc(C)ccc3C)n(Cc3ccc(OC)cc3)c(=O)c2n1. The molecule has 2 aromatic carbocycles. The van der Waals surface area contributed by atoms with E-state index >= 15 is 0 Å².